The zero-order chi connectivity index (χ0) is 13.7. The summed E-state index contributed by atoms with van der Waals surface area (Å²) in [7, 11) is 0. The van der Waals surface area contributed by atoms with Crippen molar-refractivity contribution in [2.24, 2.45) is 0 Å². The minimum Gasteiger partial charge on any atom is -0.303 e. The summed E-state index contributed by atoms with van der Waals surface area (Å²) in [5, 5.41) is 13.3. The number of hydrogen-bond donors (Lipinski definition) is 1. The molecule has 2 rings (SSSR count). The molecule has 1 N–H and O–H groups in total. The van der Waals surface area contributed by atoms with Gasteiger partial charge in [-0.25, -0.2) is 0 Å². The molecule has 108 valence electrons. The van der Waals surface area contributed by atoms with Gasteiger partial charge in [0, 0.05) is 25.7 Å². The van der Waals surface area contributed by atoms with Crippen LogP contribution < -0.4 is 5.32 Å². The molecular weight excluding hydrogens is 236 g/mol. The second-order valence-electron chi connectivity index (χ2n) is 5.83. The van der Waals surface area contributed by atoms with E-state index in [1.165, 1.54) is 25.8 Å². The van der Waals surface area contributed by atoms with Gasteiger partial charge in [-0.1, -0.05) is 20.3 Å². The summed E-state index contributed by atoms with van der Waals surface area (Å²) < 4.78 is 0. The number of piperidine rings is 1. The lowest BCUT2D eigenvalue weighted by Crippen LogP contribution is -2.56. The smallest absolute Gasteiger partial charge is 0.123 e. The molecule has 19 heavy (non-hydrogen) atoms. The van der Waals surface area contributed by atoms with Crippen molar-refractivity contribution in [1.82, 2.24) is 15.1 Å². The van der Waals surface area contributed by atoms with Crippen LogP contribution >= 0.6 is 0 Å². The second-order valence-corrected chi connectivity index (χ2v) is 5.83. The molecule has 4 nitrogen and oxygen atoms in total. The molecule has 0 aromatic carbocycles. The predicted octanol–water partition coefficient (Wildman–Crippen LogP) is 1.44. The van der Waals surface area contributed by atoms with Crippen LogP contribution in [0.3, 0.4) is 0 Å². The van der Waals surface area contributed by atoms with Crippen LogP contribution in [0.5, 0.6) is 0 Å². The molecule has 0 radical (unpaired) electrons. The van der Waals surface area contributed by atoms with Crippen LogP contribution in [-0.4, -0.2) is 60.6 Å². The maximum Gasteiger partial charge on any atom is 0.123 e. The molecule has 2 saturated heterocycles. The minimum atomic E-state index is -0.284. The summed E-state index contributed by atoms with van der Waals surface area (Å²) in [5.41, 5.74) is -0.284. The molecule has 0 bridgehead atoms. The van der Waals surface area contributed by atoms with Gasteiger partial charge in [-0.05, 0) is 38.9 Å². The molecule has 2 aliphatic heterocycles. The van der Waals surface area contributed by atoms with E-state index in [4.69, 9.17) is 0 Å². The quantitative estimate of drug-likeness (QED) is 0.788. The summed E-state index contributed by atoms with van der Waals surface area (Å²) in [5.74, 6) is 0. The van der Waals surface area contributed by atoms with Crippen LogP contribution in [0.25, 0.3) is 0 Å². The Bertz CT molecular complexity index is 321. The highest BCUT2D eigenvalue weighted by molar-refractivity contribution is 5.19. The average Bonchev–Trinajstić information content (AvgIpc) is 2.83. The monoisotopic (exact) mass is 264 g/mol. The molecule has 0 aromatic heterocycles. The molecule has 4 heteroatoms. The lowest BCUT2D eigenvalue weighted by atomic mass is 9.86. The number of nitrogens with one attached hydrogen (secondary N) is 1. The van der Waals surface area contributed by atoms with E-state index in [1.54, 1.807) is 0 Å². The second kappa shape index (κ2) is 6.69. The van der Waals surface area contributed by atoms with E-state index in [2.05, 4.69) is 35.0 Å². The van der Waals surface area contributed by atoms with E-state index >= 15 is 0 Å². The van der Waals surface area contributed by atoms with Crippen LogP contribution in [0.2, 0.25) is 0 Å². The maximum atomic E-state index is 9.68. The fraction of sp³-hybridized carbons (Fsp3) is 0.933. The van der Waals surface area contributed by atoms with Gasteiger partial charge < -0.3 is 4.90 Å². The zero-order valence-corrected chi connectivity index (χ0v) is 12.5. The number of fused-ring (bicyclic) bond motifs is 1. The van der Waals surface area contributed by atoms with Crippen molar-refractivity contribution in [3.05, 3.63) is 0 Å². The Hall–Kier alpha value is -0.630. The average molecular weight is 264 g/mol. The van der Waals surface area contributed by atoms with Crippen molar-refractivity contribution >= 4 is 0 Å². The Morgan fingerprint density at radius 1 is 1.32 bits per heavy atom. The SMILES string of the molecule is CCN(CC)CCNC1(C#N)CCN2CCCCC21. The lowest BCUT2D eigenvalue weighted by Gasteiger charge is -2.37. The first-order valence-electron chi connectivity index (χ1n) is 7.88. The third kappa shape index (κ3) is 3.10. The van der Waals surface area contributed by atoms with Gasteiger partial charge >= 0.3 is 0 Å². The van der Waals surface area contributed by atoms with E-state index in [0.717, 1.165) is 39.1 Å². The summed E-state index contributed by atoms with van der Waals surface area (Å²) in [6.07, 6.45) is 4.76. The summed E-state index contributed by atoms with van der Waals surface area (Å²) in [6.45, 7) is 10.8. The van der Waals surface area contributed by atoms with Gasteiger partial charge in [-0.2, -0.15) is 5.26 Å². The van der Waals surface area contributed by atoms with E-state index in [1.807, 2.05) is 0 Å². The number of nitrogens with zero attached hydrogens (tertiary/aromatic N) is 3. The molecule has 2 atom stereocenters. The van der Waals surface area contributed by atoms with Crippen molar-refractivity contribution in [3.8, 4) is 6.07 Å². The first-order chi connectivity index (χ1) is 9.25. The Morgan fingerprint density at radius 2 is 2.11 bits per heavy atom. The van der Waals surface area contributed by atoms with E-state index in [-0.39, 0.29) is 5.54 Å². The fourth-order valence-corrected chi connectivity index (χ4v) is 3.66. The highest BCUT2D eigenvalue weighted by Crippen LogP contribution is 2.34. The van der Waals surface area contributed by atoms with Crippen LogP contribution in [0.1, 0.15) is 39.5 Å². The van der Waals surface area contributed by atoms with Crippen LogP contribution in [0.15, 0.2) is 0 Å². The Balaban J connectivity index is 1.90. The Kier molecular flexibility index (Phi) is 5.20. The normalized spacial score (nSPS) is 31.4. The van der Waals surface area contributed by atoms with Gasteiger partial charge in [0.2, 0.25) is 0 Å². The summed E-state index contributed by atoms with van der Waals surface area (Å²) >= 11 is 0. The Labute approximate surface area is 117 Å². The maximum absolute atomic E-state index is 9.68. The molecule has 0 amide bonds. The molecule has 2 heterocycles. The predicted molar refractivity (Wildman–Crippen MR) is 78.0 cm³/mol. The summed E-state index contributed by atoms with van der Waals surface area (Å²) in [4.78, 5) is 4.93. The topological polar surface area (TPSA) is 42.3 Å². The van der Waals surface area contributed by atoms with Gasteiger partial charge in [0.15, 0.2) is 0 Å². The Morgan fingerprint density at radius 3 is 2.79 bits per heavy atom. The molecule has 0 aromatic rings. The van der Waals surface area contributed by atoms with Crippen LogP contribution in [0, 0.1) is 11.3 Å². The van der Waals surface area contributed by atoms with E-state index < -0.39 is 0 Å². The summed E-state index contributed by atoms with van der Waals surface area (Å²) in [6, 6.07) is 3.06. The van der Waals surface area contributed by atoms with Gasteiger partial charge in [-0.15, -0.1) is 0 Å². The molecule has 0 spiro atoms. The highest BCUT2D eigenvalue weighted by Gasteiger charge is 2.47. The van der Waals surface area contributed by atoms with Gasteiger partial charge in [-0.3, -0.25) is 10.2 Å². The third-order valence-corrected chi connectivity index (χ3v) is 4.94. The van der Waals surface area contributed by atoms with Crippen LogP contribution in [-0.2, 0) is 0 Å². The van der Waals surface area contributed by atoms with Gasteiger partial charge in [0.25, 0.3) is 0 Å². The van der Waals surface area contributed by atoms with Crippen molar-refractivity contribution < 1.29 is 0 Å². The number of likely N-dealkylation sites (N-methyl/N-ethyl adjacent to an activating group) is 1. The van der Waals surface area contributed by atoms with Crippen molar-refractivity contribution in [2.45, 2.75) is 51.1 Å². The standard InChI is InChI=1S/C15H28N4/c1-3-18(4-2)12-9-17-15(13-16)8-11-19-10-6-5-7-14(15)19/h14,17H,3-12H2,1-2H3. The van der Waals surface area contributed by atoms with Crippen molar-refractivity contribution in [1.29, 1.82) is 5.26 Å². The largest absolute Gasteiger partial charge is 0.303 e. The highest BCUT2D eigenvalue weighted by atomic mass is 15.3. The molecule has 0 aliphatic carbocycles. The van der Waals surface area contributed by atoms with Crippen molar-refractivity contribution in [2.75, 3.05) is 39.3 Å². The number of rotatable bonds is 6. The molecule has 2 aliphatic rings. The molecule has 0 saturated carbocycles. The fourth-order valence-electron chi connectivity index (χ4n) is 3.66. The van der Waals surface area contributed by atoms with Gasteiger partial charge in [0.05, 0.1) is 6.07 Å². The van der Waals surface area contributed by atoms with Gasteiger partial charge in [0.1, 0.15) is 5.54 Å². The third-order valence-electron chi connectivity index (χ3n) is 4.94. The number of hydrogen-bond acceptors (Lipinski definition) is 4. The lowest BCUT2D eigenvalue weighted by molar-refractivity contribution is 0.158. The first kappa shape index (κ1) is 14.8. The number of nitriles is 1. The molecular formula is C15H28N4. The zero-order valence-electron chi connectivity index (χ0n) is 12.5. The van der Waals surface area contributed by atoms with Crippen LogP contribution in [0.4, 0.5) is 0 Å². The molecule has 2 unspecified atom stereocenters. The first-order valence-corrected chi connectivity index (χ1v) is 7.88. The van der Waals surface area contributed by atoms with Crippen molar-refractivity contribution in [3.63, 3.8) is 0 Å². The van der Waals surface area contributed by atoms with E-state index in [9.17, 15) is 5.26 Å². The minimum absolute atomic E-state index is 0.284. The molecule has 2 fully saturated rings. The van der Waals surface area contributed by atoms with E-state index in [0.29, 0.717) is 6.04 Å².